The van der Waals surface area contributed by atoms with E-state index in [1.807, 2.05) is 36.4 Å². The largest absolute Gasteiger partial charge is 0.422 e. The first-order valence-corrected chi connectivity index (χ1v) is 7.07. The molecule has 3 nitrogen and oxygen atoms in total. The molecule has 0 bridgehead atoms. The van der Waals surface area contributed by atoms with Crippen LogP contribution in [-0.4, -0.2) is 0 Å². The molecule has 3 aromatic rings. The normalized spacial score (nSPS) is 10.9. The Morgan fingerprint density at radius 2 is 1.81 bits per heavy atom. The molecule has 0 unspecified atom stereocenters. The third-order valence-electron chi connectivity index (χ3n) is 3.25. The lowest BCUT2D eigenvalue weighted by Gasteiger charge is -2.05. The molecule has 3 rings (SSSR count). The quantitative estimate of drug-likeness (QED) is 0.746. The average molecular weight is 300 g/mol. The van der Waals surface area contributed by atoms with E-state index in [9.17, 15) is 4.79 Å². The summed E-state index contributed by atoms with van der Waals surface area (Å²) in [7, 11) is 0. The maximum atomic E-state index is 11.9. The molecule has 0 amide bonds. The molecular weight excluding hydrogens is 286 g/mol. The highest BCUT2D eigenvalue weighted by atomic mass is 35.5. The van der Waals surface area contributed by atoms with Gasteiger partial charge < -0.3 is 9.73 Å². The Balaban J connectivity index is 1.77. The van der Waals surface area contributed by atoms with Crippen LogP contribution in [-0.2, 0) is 13.1 Å². The average Bonchev–Trinajstić information content (AvgIpc) is 2.49. The van der Waals surface area contributed by atoms with Gasteiger partial charge in [-0.15, -0.1) is 0 Å². The Kier molecular flexibility index (Phi) is 4.04. The monoisotopic (exact) mass is 299 g/mol. The van der Waals surface area contributed by atoms with Gasteiger partial charge >= 0.3 is 5.63 Å². The summed E-state index contributed by atoms with van der Waals surface area (Å²) in [6.45, 7) is 1.16. The number of hydrogen-bond donors (Lipinski definition) is 1. The van der Waals surface area contributed by atoms with Crippen molar-refractivity contribution < 1.29 is 4.42 Å². The molecule has 1 aromatic heterocycles. The van der Waals surface area contributed by atoms with E-state index in [-0.39, 0.29) is 5.63 Å². The van der Waals surface area contributed by atoms with Crippen molar-refractivity contribution in [2.75, 3.05) is 0 Å². The molecule has 0 saturated heterocycles. The van der Waals surface area contributed by atoms with Crippen LogP contribution >= 0.6 is 11.6 Å². The van der Waals surface area contributed by atoms with Crippen molar-refractivity contribution in [2.45, 2.75) is 13.1 Å². The van der Waals surface area contributed by atoms with Gasteiger partial charge in [0.25, 0.3) is 0 Å². The Bertz CT molecular complexity index is 812. The Morgan fingerprint density at radius 3 is 2.62 bits per heavy atom. The molecule has 0 spiro atoms. The smallest absolute Gasteiger partial charge is 0.340 e. The third-order valence-corrected chi connectivity index (χ3v) is 3.49. The maximum absolute atomic E-state index is 11.9. The van der Waals surface area contributed by atoms with Crippen LogP contribution in [0, 0.1) is 0 Å². The van der Waals surface area contributed by atoms with Crippen LogP contribution in [0.4, 0.5) is 0 Å². The van der Waals surface area contributed by atoms with Gasteiger partial charge in [-0.1, -0.05) is 41.9 Å². The Hall–Kier alpha value is -2.10. The zero-order valence-corrected chi connectivity index (χ0v) is 12.1. The minimum absolute atomic E-state index is 0.314. The van der Waals surface area contributed by atoms with Gasteiger partial charge in [0, 0.05) is 23.5 Å². The predicted octanol–water partition coefficient (Wildman–Crippen LogP) is 3.74. The number of rotatable bonds is 4. The fourth-order valence-electron chi connectivity index (χ4n) is 2.20. The van der Waals surface area contributed by atoms with Crippen LogP contribution in [0.2, 0.25) is 5.02 Å². The van der Waals surface area contributed by atoms with E-state index in [4.69, 9.17) is 16.0 Å². The molecule has 1 heterocycles. The zero-order chi connectivity index (χ0) is 14.7. The lowest BCUT2D eigenvalue weighted by atomic mass is 10.2. The lowest BCUT2D eigenvalue weighted by molar-refractivity contribution is 0.541. The topological polar surface area (TPSA) is 42.2 Å². The number of halogens is 1. The zero-order valence-electron chi connectivity index (χ0n) is 11.3. The fraction of sp³-hybridized carbons (Fsp3) is 0.118. The van der Waals surface area contributed by atoms with Crippen LogP contribution in [0.5, 0.6) is 0 Å². The summed E-state index contributed by atoms with van der Waals surface area (Å²) in [5, 5.41) is 4.70. The van der Waals surface area contributed by atoms with Gasteiger partial charge in [0.15, 0.2) is 0 Å². The van der Waals surface area contributed by atoms with Gasteiger partial charge in [-0.3, -0.25) is 0 Å². The summed E-state index contributed by atoms with van der Waals surface area (Å²) in [5.74, 6) is 0. The molecular formula is C17H14ClNO2. The molecule has 4 heteroatoms. The molecule has 0 fully saturated rings. The molecule has 2 aromatic carbocycles. The molecule has 21 heavy (non-hydrogen) atoms. The van der Waals surface area contributed by atoms with Crippen molar-refractivity contribution in [2.24, 2.45) is 0 Å². The first-order chi connectivity index (χ1) is 10.2. The summed E-state index contributed by atoms with van der Waals surface area (Å²) in [6.07, 6.45) is 0. The Morgan fingerprint density at radius 1 is 1.00 bits per heavy atom. The number of nitrogens with one attached hydrogen (secondary N) is 1. The molecule has 0 saturated carbocycles. The van der Waals surface area contributed by atoms with Gasteiger partial charge in [0.05, 0.1) is 5.56 Å². The number of hydrogen-bond acceptors (Lipinski definition) is 3. The van der Waals surface area contributed by atoms with Crippen molar-refractivity contribution in [3.8, 4) is 0 Å². The van der Waals surface area contributed by atoms with Gasteiger partial charge in [-0.25, -0.2) is 4.79 Å². The minimum atomic E-state index is -0.314. The highest BCUT2D eigenvalue weighted by Gasteiger charge is 2.05. The fourth-order valence-corrected chi connectivity index (χ4v) is 2.38. The van der Waals surface area contributed by atoms with Crippen molar-refractivity contribution >= 4 is 22.6 Å². The van der Waals surface area contributed by atoms with E-state index in [2.05, 4.69) is 5.32 Å². The van der Waals surface area contributed by atoms with Gasteiger partial charge in [-0.05, 0) is 29.8 Å². The molecule has 0 radical (unpaired) electrons. The van der Waals surface area contributed by atoms with E-state index >= 15 is 0 Å². The highest BCUT2D eigenvalue weighted by molar-refractivity contribution is 6.31. The van der Waals surface area contributed by atoms with E-state index in [0.29, 0.717) is 29.3 Å². The first-order valence-electron chi connectivity index (χ1n) is 6.69. The SMILES string of the molecule is O=c1oc2ccc(Cl)cc2cc1CNCc1ccccc1. The molecule has 0 aliphatic carbocycles. The minimum Gasteiger partial charge on any atom is -0.422 e. The second-order valence-corrected chi connectivity index (χ2v) is 5.27. The van der Waals surface area contributed by atoms with Crippen LogP contribution in [0.25, 0.3) is 11.0 Å². The van der Waals surface area contributed by atoms with Crippen LogP contribution in [0.15, 0.2) is 63.8 Å². The maximum Gasteiger partial charge on any atom is 0.340 e. The standard InChI is InChI=1S/C17H14ClNO2/c18-15-6-7-16-13(9-15)8-14(17(20)21-16)11-19-10-12-4-2-1-3-5-12/h1-9,19H,10-11H2. The highest BCUT2D eigenvalue weighted by Crippen LogP contribution is 2.18. The summed E-state index contributed by atoms with van der Waals surface area (Å²) in [6, 6.07) is 17.1. The third kappa shape index (κ3) is 3.32. The van der Waals surface area contributed by atoms with E-state index in [0.717, 1.165) is 5.39 Å². The van der Waals surface area contributed by atoms with E-state index in [1.54, 1.807) is 18.2 Å². The second-order valence-electron chi connectivity index (χ2n) is 4.83. The number of fused-ring (bicyclic) bond motifs is 1. The summed E-state index contributed by atoms with van der Waals surface area (Å²) in [5.41, 5.74) is 2.01. The van der Waals surface area contributed by atoms with Crippen LogP contribution in [0.1, 0.15) is 11.1 Å². The molecule has 1 N–H and O–H groups in total. The first kappa shape index (κ1) is 13.9. The van der Waals surface area contributed by atoms with Crippen molar-refractivity contribution in [3.63, 3.8) is 0 Å². The lowest BCUT2D eigenvalue weighted by Crippen LogP contribution is -2.18. The number of benzene rings is 2. The van der Waals surface area contributed by atoms with Gasteiger partial charge in [-0.2, -0.15) is 0 Å². The summed E-state index contributed by atoms with van der Waals surface area (Å²) >= 11 is 5.96. The van der Waals surface area contributed by atoms with Crippen molar-refractivity contribution in [1.29, 1.82) is 0 Å². The molecule has 0 aliphatic rings. The van der Waals surface area contributed by atoms with Crippen molar-refractivity contribution in [1.82, 2.24) is 5.32 Å². The summed E-state index contributed by atoms with van der Waals surface area (Å²) in [4.78, 5) is 11.9. The van der Waals surface area contributed by atoms with E-state index < -0.39 is 0 Å². The van der Waals surface area contributed by atoms with Crippen LogP contribution in [0.3, 0.4) is 0 Å². The molecule has 106 valence electrons. The summed E-state index contributed by atoms with van der Waals surface area (Å²) < 4.78 is 5.30. The van der Waals surface area contributed by atoms with Crippen LogP contribution < -0.4 is 10.9 Å². The second kappa shape index (κ2) is 6.12. The van der Waals surface area contributed by atoms with Gasteiger partial charge in [0.2, 0.25) is 0 Å². The van der Waals surface area contributed by atoms with E-state index in [1.165, 1.54) is 5.56 Å². The van der Waals surface area contributed by atoms with Gasteiger partial charge in [0.1, 0.15) is 5.58 Å². The van der Waals surface area contributed by atoms with Crippen molar-refractivity contribution in [3.05, 3.63) is 81.2 Å². The Labute approximate surface area is 127 Å². The molecule has 0 aliphatic heterocycles. The predicted molar refractivity (Wildman–Crippen MR) is 84.5 cm³/mol. The molecule has 0 atom stereocenters.